The summed E-state index contributed by atoms with van der Waals surface area (Å²) in [5, 5.41) is 4.62. The smallest absolute Gasteiger partial charge is 0.185 e. The number of thiazole rings is 1. The maximum atomic E-state index is 4.34. The normalized spacial score (nSPS) is 23.4. The van der Waals surface area contributed by atoms with Crippen LogP contribution in [0.25, 0.3) is 0 Å². The van der Waals surface area contributed by atoms with Gasteiger partial charge in [0.1, 0.15) is 0 Å². The lowest BCUT2D eigenvalue weighted by atomic mass is 10.4. The van der Waals surface area contributed by atoms with E-state index < -0.39 is 0 Å². The summed E-state index contributed by atoms with van der Waals surface area (Å²) in [6, 6.07) is 0.750. The Morgan fingerprint density at radius 3 is 2.73 bits per heavy atom. The zero-order chi connectivity index (χ0) is 10.1. The van der Waals surface area contributed by atoms with Crippen LogP contribution in [0.3, 0.4) is 0 Å². The molecular formula is C10H18ClN3S. The van der Waals surface area contributed by atoms with Gasteiger partial charge in [0.2, 0.25) is 0 Å². The minimum Gasteiger partial charge on any atom is -0.354 e. The molecule has 1 N–H and O–H groups in total. The molecule has 1 aliphatic carbocycles. The van der Waals surface area contributed by atoms with Gasteiger partial charge < -0.3 is 10.2 Å². The highest BCUT2D eigenvalue weighted by molar-refractivity contribution is 7.15. The van der Waals surface area contributed by atoms with Crippen molar-refractivity contribution in [3.05, 3.63) is 11.1 Å². The molecule has 2 rings (SSSR count). The summed E-state index contributed by atoms with van der Waals surface area (Å²) < 4.78 is 0. The van der Waals surface area contributed by atoms with Gasteiger partial charge in [-0.15, -0.1) is 23.7 Å². The predicted molar refractivity (Wildman–Crippen MR) is 68.1 cm³/mol. The molecule has 1 aromatic rings. The minimum absolute atomic E-state index is 0. The van der Waals surface area contributed by atoms with Gasteiger partial charge in [-0.05, 0) is 12.3 Å². The fourth-order valence-corrected chi connectivity index (χ4v) is 2.21. The van der Waals surface area contributed by atoms with Crippen LogP contribution in [0.1, 0.15) is 18.2 Å². The lowest BCUT2D eigenvalue weighted by molar-refractivity contribution is 0.658. The topological polar surface area (TPSA) is 28.2 Å². The average molecular weight is 248 g/mol. The largest absolute Gasteiger partial charge is 0.354 e. The Labute approximate surface area is 101 Å². The second kappa shape index (κ2) is 5.14. The summed E-state index contributed by atoms with van der Waals surface area (Å²) in [6.07, 6.45) is 3.30. The van der Waals surface area contributed by atoms with E-state index in [-0.39, 0.29) is 12.4 Å². The van der Waals surface area contributed by atoms with E-state index in [0.29, 0.717) is 0 Å². The highest BCUT2D eigenvalue weighted by Gasteiger charge is 2.31. The highest BCUT2D eigenvalue weighted by atomic mass is 35.5. The first-order valence-electron chi connectivity index (χ1n) is 5.02. The summed E-state index contributed by atoms with van der Waals surface area (Å²) in [7, 11) is 4.05. The molecule has 1 fully saturated rings. The molecule has 5 heteroatoms. The number of nitrogens with one attached hydrogen (secondary N) is 1. The highest BCUT2D eigenvalue weighted by Crippen LogP contribution is 2.30. The van der Waals surface area contributed by atoms with Crippen molar-refractivity contribution < 1.29 is 0 Å². The van der Waals surface area contributed by atoms with E-state index in [4.69, 9.17) is 0 Å². The third-order valence-electron chi connectivity index (χ3n) is 2.57. The molecule has 2 unspecified atom stereocenters. The second-order valence-corrected chi connectivity index (χ2v) is 5.30. The van der Waals surface area contributed by atoms with Crippen LogP contribution in [0.2, 0.25) is 0 Å². The van der Waals surface area contributed by atoms with Crippen LogP contribution in [0.4, 0.5) is 5.13 Å². The van der Waals surface area contributed by atoms with Gasteiger partial charge in [-0.1, -0.05) is 6.92 Å². The Hall–Kier alpha value is -0.320. The molecule has 0 saturated heterocycles. The number of aromatic nitrogens is 1. The van der Waals surface area contributed by atoms with Crippen molar-refractivity contribution in [3.8, 4) is 0 Å². The second-order valence-electron chi connectivity index (χ2n) is 4.20. The molecule has 0 radical (unpaired) electrons. The molecule has 86 valence electrons. The van der Waals surface area contributed by atoms with Gasteiger partial charge in [0.25, 0.3) is 0 Å². The maximum absolute atomic E-state index is 4.34. The summed E-state index contributed by atoms with van der Waals surface area (Å²) in [6.45, 7) is 3.26. The van der Waals surface area contributed by atoms with Crippen LogP contribution in [-0.2, 0) is 6.54 Å². The van der Waals surface area contributed by atoms with Crippen molar-refractivity contribution in [2.75, 3.05) is 19.0 Å². The van der Waals surface area contributed by atoms with Crippen LogP contribution >= 0.6 is 23.7 Å². The first kappa shape index (κ1) is 12.7. The van der Waals surface area contributed by atoms with Gasteiger partial charge in [0, 0.05) is 37.8 Å². The number of rotatable bonds is 4. The molecule has 0 bridgehead atoms. The summed E-state index contributed by atoms with van der Waals surface area (Å²) in [5.74, 6) is 0.872. The lowest BCUT2D eigenvalue weighted by Crippen LogP contribution is -2.16. The third kappa shape index (κ3) is 3.33. The molecule has 3 nitrogen and oxygen atoms in total. The van der Waals surface area contributed by atoms with Gasteiger partial charge in [-0.25, -0.2) is 4.98 Å². The molecule has 0 aromatic carbocycles. The van der Waals surface area contributed by atoms with Gasteiger partial charge in [0.15, 0.2) is 5.13 Å². The number of hydrogen-bond donors (Lipinski definition) is 1. The number of nitrogens with zero attached hydrogens (tertiary/aromatic N) is 2. The summed E-state index contributed by atoms with van der Waals surface area (Å²) in [5.41, 5.74) is 0. The Balaban J connectivity index is 0.00000112. The van der Waals surface area contributed by atoms with Crippen molar-refractivity contribution in [1.29, 1.82) is 0 Å². The minimum atomic E-state index is 0. The van der Waals surface area contributed by atoms with E-state index in [1.807, 2.05) is 25.2 Å². The number of hydrogen-bond acceptors (Lipinski definition) is 4. The van der Waals surface area contributed by atoms with Gasteiger partial charge in [-0.2, -0.15) is 0 Å². The Morgan fingerprint density at radius 1 is 1.60 bits per heavy atom. The fraction of sp³-hybridized carbons (Fsp3) is 0.700. The van der Waals surface area contributed by atoms with Gasteiger partial charge in [-0.3, -0.25) is 0 Å². The van der Waals surface area contributed by atoms with Crippen molar-refractivity contribution in [2.45, 2.75) is 25.9 Å². The molecular weight excluding hydrogens is 230 g/mol. The van der Waals surface area contributed by atoms with Crippen molar-refractivity contribution >= 4 is 28.9 Å². The zero-order valence-corrected chi connectivity index (χ0v) is 11.0. The monoisotopic (exact) mass is 247 g/mol. The lowest BCUT2D eigenvalue weighted by Gasteiger charge is -2.05. The maximum Gasteiger partial charge on any atom is 0.185 e. The molecule has 0 amide bonds. The molecule has 1 heterocycles. The van der Waals surface area contributed by atoms with Gasteiger partial charge >= 0.3 is 0 Å². The number of anilines is 1. The first-order valence-corrected chi connectivity index (χ1v) is 5.84. The molecule has 2 atom stereocenters. The fourth-order valence-electron chi connectivity index (χ4n) is 1.42. The van der Waals surface area contributed by atoms with Crippen LogP contribution in [0.15, 0.2) is 6.20 Å². The van der Waals surface area contributed by atoms with E-state index in [9.17, 15) is 0 Å². The molecule has 1 aliphatic rings. The van der Waals surface area contributed by atoms with Crippen LogP contribution in [0.5, 0.6) is 0 Å². The summed E-state index contributed by atoms with van der Waals surface area (Å²) in [4.78, 5) is 7.71. The Morgan fingerprint density at radius 2 is 2.27 bits per heavy atom. The SMILES string of the molecule is CC1CC1NCc1cnc(N(C)C)s1.Cl. The van der Waals surface area contributed by atoms with Crippen molar-refractivity contribution in [3.63, 3.8) is 0 Å². The summed E-state index contributed by atoms with van der Waals surface area (Å²) >= 11 is 1.76. The third-order valence-corrected chi connectivity index (χ3v) is 3.74. The van der Waals surface area contributed by atoms with E-state index >= 15 is 0 Å². The van der Waals surface area contributed by atoms with E-state index in [1.54, 1.807) is 11.3 Å². The van der Waals surface area contributed by atoms with Crippen molar-refractivity contribution in [2.24, 2.45) is 5.92 Å². The molecule has 0 aliphatic heterocycles. The average Bonchev–Trinajstić information content (AvgIpc) is 2.68. The Kier molecular flexibility index (Phi) is 4.37. The van der Waals surface area contributed by atoms with E-state index in [2.05, 4.69) is 17.2 Å². The van der Waals surface area contributed by atoms with Crippen molar-refractivity contribution in [1.82, 2.24) is 10.3 Å². The van der Waals surface area contributed by atoms with Crippen LogP contribution in [0, 0.1) is 5.92 Å². The number of halogens is 1. The molecule has 1 saturated carbocycles. The van der Waals surface area contributed by atoms with E-state index in [1.165, 1.54) is 11.3 Å². The first-order chi connectivity index (χ1) is 6.66. The standard InChI is InChI=1S/C10H17N3S.ClH/c1-7-4-9(7)11-5-8-6-12-10(14-8)13(2)3;/h6-7,9,11H,4-5H2,1-3H3;1H. The van der Waals surface area contributed by atoms with Gasteiger partial charge in [0.05, 0.1) is 0 Å². The molecule has 1 aromatic heterocycles. The van der Waals surface area contributed by atoms with Crippen LogP contribution < -0.4 is 10.2 Å². The zero-order valence-electron chi connectivity index (χ0n) is 9.36. The molecule has 15 heavy (non-hydrogen) atoms. The Bertz CT molecular complexity index is 313. The van der Waals surface area contributed by atoms with Crippen LogP contribution in [-0.4, -0.2) is 25.1 Å². The molecule has 0 spiro atoms. The quantitative estimate of drug-likeness (QED) is 0.884. The predicted octanol–water partition coefficient (Wildman–Crippen LogP) is 2.13. The van der Waals surface area contributed by atoms with E-state index in [0.717, 1.165) is 23.6 Å².